The van der Waals surface area contributed by atoms with Crippen molar-refractivity contribution in [1.82, 2.24) is 0 Å². The fraction of sp³-hybridized carbons (Fsp3) is 0.400. The third-order valence-corrected chi connectivity index (χ3v) is 2.33. The van der Waals surface area contributed by atoms with Crippen LogP contribution in [0.4, 0.5) is 4.39 Å². The van der Waals surface area contributed by atoms with Gasteiger partial charge in [0, 0.05) is 10.0 Å². The lowest BCUT2D eigenvalue weighted by Gasteiger charge is -2.21. The highest BCUT2D eigenvalue weighted by molar-refractivity contribution is 9.10. The minimum Gasteiger partial charge on any atom is -0.493 e. The van der Waals surface area contributed by atoms with Gasteiger partial charge in [0.05, 0.1) is 12.7 Å². The minimum atomic E-state index is -1.13. The van der Waals surface area contributed by atoms with Crippen molar-refractivity contribution in [2.75, 3.05) is 7.11 Å². The van der Waals surface area contributed by atoms with E-state index in [4.69, 9.17) is 4.74 Å². The normalized spacial score (nSPS) is 11.6. The van der Waals surface area contributed by atoms with Crippen LogP contribution >= 0.6 is 15.9 Å². The summed E-state index contributed by atoms with van der Waals surface area (Å²) in [5, 5.41) is 9.78. The summed E-state index contributed by atoms with van der Waals surface area (Å²) in [4.78, 5) is 0. The zero-order valence-electron chi connectivity index (χ0n) is 8.27. The monoisotopic (exact) mass is 262 g/mol. The minimum absolute atomic E-state index is 0.0840. The van der Waals surface area contributed by atoms with Crippen molar-refractivity contribution in [3.05, 3.63) is 28.0 Å². The summed E-state index contributed by atoms with van der Waals surface area (Å²) < 4.78 is 18.9. The second-order valence-corrected chi connectivity index (χ2v) is 4.44. The molecule has 4 heteroatoms. The molecule has 0 amide bonds. The lowest BCUT2D eigenvalue weighted by atomic mass is 9.97. The molecular formula is C10H12BrFO2. The summed E-state index contributed by atoms with van der Waals surface area (Å²) in [6, 6.07) is 2.94. The molecule has 0 spiro atoms. The quantitative estimate of drug-likeness (QED) is 0.889. The van der Waals surface area contributed by atoms with Crippen LogP contribution in [0.3, 0.4) is 0 Å². The highest BCUT2D eigenvalue weighted by Gasteiger charge is 2.23. The largest absolute Gasteiger partial charge is 0.493 e. The van der Waals surface area contributed by atoms with Gasteiger partial charge in [-0.3, -0.25) is 0 Å². The molecule has 0 aliphatic heterocycles. The fourth-order valence-corrected chi connectivity index (χ4v) is 1.65. The van der Waals surface area contributed by atoms with E-state index in [1.165, 1.54) is 13.2 Å². The molecule has 0 aromatic heterocycles. The van der Waals surface area contributed by atoms with Crippen molar-refractivity contribution < 1.29 is 14.2 Å². The van der Waals surface area contributed by atoms with Gasteiger partial charge in [-0.2, -0.15) is 0 Å². The number of rotatable bonds is 2. The predicted octanol–water partition coefficient (Wildman–Crippen LogP) is 2.82. The highest BCUT2D eigenvalue weighted by atomic mass is 79.9. The molecular weight excluding hydrogens is 251 g/mol. The van der Waals surface area contributed by atoms with E-state index in [9.17, 15) is 9.50 Å². The molecule has 78 valence electrons. The second-order valence-electron chi connectivity index (χ2n) is 3.53. The van der Waals surface area contributed by atoms with Gasteiger partial charge in [-0.15, -0.1) is 0 Å². The summed E-state index contributed by atoms with van der Waals surface area (Å²) in [7, 11) is 1.38. The van der Waals surface area contributed by atoms with Crippen LogP contribution in [0.25, 0.3) is 0 Å². The number of ether oxygens (including phenoxy) is 1. The SMILES string of the molecule is COc1c(F)cc(Br)cc1C(C)(C)O. The summed E-state index contributed by atoms with van der Waals surface area (Å²) in [6.07, 6.45) is 0. The molecule has 0 atom stereocenters. The van der Waals surface area contributed by atoms with Gasteiger partial charge in [-0.25, -0.2) is 4.39 Å². The van der Waals surface area contributed by atoms with Crippen molar-refractivity contribution in [2.24, 2.45) is 0 Å². The van der Waals surface area contributed by atoms with Crippen molar-refractivity contribution in [3.8, 4) is 5.75 Å². The van der Waals surface area contributed by atoms with Gasteiger partial charge < -0.3 is 9.84 Å². The third kappa shape index (κ3) is 2.25. The Hall–Kier alpha value is -0.610. The molecule has 2 nitrogen and oxygen atoms in total. The third-order valence-electron chi connectivity index (χ3n) is 1.87. The molecule has 1 aromatic rings. The number of hydrogen-bond acceptors (Lipinski definition) is 2. The van der Waals surface area contributed by atoms with Gasteiger partial charge >= 0.3 is 0 Å². The molecule has 1 rings (SSSR count). The molecule has 0 saturated carbocycles. The molecule has 14 heavy (non-hydrogen) atoms. The van der Waals surface area contributed by atoms with Crippen molar-refractivity contribution in [2.45, 2.75) is 19.4 Å². The number of benzene rings is 1. The molecule has 1 aromatic carbocycles. The molecule has 0 fully saturated rings. The smallest absolute Gasteiger partial charge is 0.166 e. The van der Waals surface area contributed by atoms with Crippen molar-refractivity contribution in [1.29, 1.82) is 0 Å². The molecule has 0 bridgehead atoms. The van der Waals surface area contributed by atoms with Crippen molar-refractivity contribution >= 4 is 15.9 Å². The number of methoxy groups -OCH3 is 1. The lowest BCUT2D eigenvalue weighted by Crippen LogP contribution is -2.17. The van der Waals surface area contributed by atoms with Crippen LogP contribution in [0.1, 0.15) is 19.4 Å². The maximum Gasteiger partial charge on any atom is 0.166 e. The Balaban J connectivity index is 3.40. The second kappa shape index (κ2) is 3.87. The summed E-state index contributed by atoms with van der Waals surface area (Å²) in [5.74, 6) is -0.403. The zero-order valence-corrected chi connectivity index (χ0v) is 9.85. The number of hydrogen-bond donors (Lipinski definition) is 1. The Morgan fingerprint density at radius 2 is 2.00 bits per heavy atom. The maximum absolute atomic E-state index is 13.4. The van der Waals surface area contributed by atoms with E-state index in [0.29, 0.717) is 10.0 Å². The van der Waals surface area contributed by atoms with Gasteiger partial charge in [0.2, 0.25) is 0 Å². The first kappa shape index (κ1) is 11.5. The molecule has 0 heterocycles. The molecule has 1 N–H and O–H groups in total. The van der Waals surface area contributed by atoms with Crippen LogP contribution in [0, 0.1) is 5.82 Å². The van der Waals surface area contributed by atoms with Crippen LogP contribution in [0.2, 0.25) is 0 Å². The van der Waals surface area contributed by atoms with Gasteiger partial charge in [0.25, 0.3) is 0 Å². The van der Waals surface area contributed by atoms with Gasteiger partial charge in [0.15, 0.2) is 11.6 Å². The zero-order chi connectivity index (χ0) is 10.9. The highest BCUT2D eigenvalue weighted by Crippen LogP contribution is 2.34. The van der Waals surface area contributed by atoms with Gasteiger partial charge in [-0.05, 0) is 26.0 Å². The Kier molecular flexibility index (Phi) is 3.17. The van der Waals surface area contributed by atoms with Crippen LogP contribution in [-0.4, -0.2) is 12.2 Å². The van der Waals surface area contributed by atoms with E-state index < -0.39 is 11.4 Å². The van der Waals surface area contributed by atoms with E-state index in [0.717, 1.165) is 0 Å². The number of halogens is 2. The summed E-state index contributed by atoms with van der Waals surface area (Å²) >= 11 is 3.16. The predicted molar refractivity (Wildman–Crippen MR) is 55.9 cm³/mol. The number of aliphatic hydroxyl groups is 1. The first-order valence-electron chi connectivity index (χ1n) is 4.12. The first-order chi connectivity index (χ1) is 6.36. The molecule has 0 radical (unpaired) electrons. The average Bonchev–Trinajstić information content (AvgIpc) is 2.01. The standard InChI is InChI=1S/C10H12BrFO2/c1-10(2,13)7-4-6(11)5-8(12)9(7)14-3/h4-5,13H,1-3H3. The van der Waals surface area contributed by atoms with Crippen LogP contribution in [0.5, 0.6) is 5.75 Å². The van der Waals surface area contributed by atoms with E-state index in [2.05, 4.69) is 15.9 Å². The molecule has 0 aliphatic carbocycles. The van der Waals surface area contributed by atoms with Gasteiger partial charge in [-0.1, -0.05) is 15.9 Å². The lowest BCUT2D eigenvalue weighted by molar-refractivity contribution is 0.0749. The Morgan fingerprint density at radius 1 is 1.43 bits per heavy atom. The van der Waals surface area contributed by atoms with E-state index in [-0.39, 0.29) is 5.75 Å². The maximum atomic E-state index is 13.4. The van der Waals surface area contributed by atoms with Gasteiger partial charge in [0.1, 0.15) is 0 Å². The summed E-state index contributed by atoms with van der Waals surface area (Å²) in [5.41, 5.74) is -0.706. The van der Waals surface area contributed by atoms with Crippen molar-refractivity contribution in [3.63, 3.8) is 0 Å². The summed E-state index contributed by atoms with van der Waals surface area (Å²) in [6.45, 7) is 3.16. The Morgan fingerprint density at radius 3 is 2.43 bits per heavy atom. The van der Waals surface area contributed by atoms with E-state index in [1.54, 1.807) is 19.9 Å². The Labute approximate surface area is 90.8 Å². The molecule has 0 aliphatic rings. The van der Waals surface area contributed by atoms with E-state index >= 15 is 0 Å². The topological polar surface area (TPSA) is 29.5 Å². The van der Waals surface area contributed by atoms with E-state index in [1.807, 2.05) is 0 Å². The van der Waals surface area contributed by atoms with Crippen LogP contribution in [0.15, 0.2) is 16.6 Å². The molecule has 0 saturated heterocycles. The fourth-order valence-electron chi connectivity index (χ4n) is 1.22. The molecule has 0 unspecified atom stereocenters. The van der Waals surface area contributed by atoms with Crippen LogP contribution < -0.4 is 4.74 Å². The Bertz CT molecular complexity index is 345. The first-order valence-corrected chi connectivity index (χ1v) is 4.91. The average molecular weight is 263 g/mol. The van der Waals surface area contributed by atoms with Crippen LogP contribution in [-0.2, 0) is 5.60 Å².